The number of nitrogens with one attached hydrogen (secondary N) is 1. The van der Waals surface area contributed by atoms with Gasteiger partial charge in [-0.2, -0.15) is 8.42 Å². The highest BCUT2D eigenvalue weighted by Gasteiger charge is 2.25. The van der Waals surface area contributed by atoms with Crippen molar-refractivity contribution in [3.05, 3.63) is 41.6 Å². The molecule has 1 aliphatic heterocycles. The second-order valence-corrected chi connectivity index (χ2v) is 6.19. The normalized spacial score (nSPS) is 17.2. The number of aryl methyl sites for hydroxylation is 1. The van der Waals surface area contributed by atoms with Crippen LogP contribution in [0.5, 0.6) is 0 Å². The van der Waals surface area contributed by atoms with Crippen molar-refractivity contribution in [3.63, 3.8) is 0 Å². The molecule has 0 saturated heterocycles. The summed E-state index contributed by atoms with van der Waals surface area (Å²) in [6.07, 6.45) is 1.27. The zero-order chi connectivity index (χ0) is 14.9. The van der Waals surface area contributed by atoms with Crippen molar-refractivity contribution in [2.24, 2.45) is 4.40 Å². The Hall–Kier alpha value is -2.15. The fraction of sp³-hybridized carbons (Fsp3) is 0.231. The van der Waals surface area contributed by atoms with Crippen molar-refractivity contribution in [1.29, 1.82) is 0 Å². The third-order valence-corrected chi connectivity index (χ3v) is 4.21. The first-order valence-electron chi connectivity index (χ1n) is 5.94. The van der Waals surface area contributed by atoms with Crippen molar-refractivity contribution >= 4 is 27.5 Å². The van der Waals surface area contributed by atoms with Gasteiger partial charge in [-0.25, -0.2) is 0 Å². The van der Waals surface area contributed by atoms with Crippen LogP contribution in [0, 0.1) is 6.92 Å². The number of rotatable bonds is 2. The van der Waals surface area contributed by atoms with Crippen LogP contribution in [0.15, 0.2) is 40.4 Å². The van der Waals surface area contributed by atoms with Crippen LogP contribution in [0.3, 0.4) is 0 Å². The van der Waals surface area contributed by atoms with Crippen LogP contribution < -0.4 is 5.32 Å². The Labute approximate surface area is 118 Å². The van der Waals surface area contributed by atoms with Crippen LogP contribution >= 0.6 is 0 Å². The summed E-state index contributed by atoms with van der Waals surface area (Å²) in [6.45, 7) is 3.44. The van der Waals surface area contributed by atoms with Crippen LogP contribution in [0.25, 0.3) is 0 Å². The maximum Gasteiger partial charge on any atom is 0.344 e. The molecule has 1 aliphatic rings. The van der Waals surface area contributed by atoms with Crippen molar-refractivity contribution < 1.29 is 13.2 Å². The Kier molecular flexibility index (Phi) is 3.63. The molecule has 7 heteroatoms. The Morgan fingerprint density at radius 1 is 1.20 bits per heavy atom. The summed E-state index contributed by atoms with van der Waals surface area (Å²) in [5.74, 6) is -0.392. The minimum absolute atomic E-state index is 0.174. The lowest BCUT2D eigenvalue weighted by Gasteiger charge is -2.19. The Balaban J connectivity index is 2.22. The highest BCUT2D eigenvalue weighted by atomic mass is 32.2. The van der Waals surface area contributed by atoms with Crippen LogP contribution in [0.4, 0.5) is 5.69 Å². The van der Waals surface area contributed by atoms with Gasteiger partial charge in [-0.1, -0.05) is 17.7 Å². The Bertz CT molecular complexity index is 703. The largest absolute Gasteiger partial charge is 0.344 e. The van der Waals surface area contributed by atoms with E-state index in [-0.39, 0.29) is 11.3 Å². The summed E-state index contributed by atoms with van der Waals surface area (Å²) in [4.78, 5) is 12.1. The average molecular weight is 293 g/mol. The van der Waals surface area contributed by atoms with E-state index < -0.39 is 16.1 Å². The molecule has 1 aromatic carbocycles. The first-order chi connectivity index (χ1) is 9.29. The van der Waals surface area contributed by atoms with E-state index in [0.29, 0.717) is 5.69 Å². The van der Waals surface area contributed by atoms with Gasteiger partial charge in [0.25, 0.3) is 5.91 Å². The van der Waals surface area contributed by atoms with Gasteiger partial charge in [0.15, 0.2) is 0 Å². The van der Waals surface area contributed by atoms with E-state index >= 15 is 0 Å². The molecule has 1 N–H and O–H groups in total. The van der Waals surface area contributed by atoms with E-state index in [2.05, 4.69) is 9.71 Å². The van der Waals surface area contributed by atoms with E-state index in [1.165, 1.54) is 20.2 Å². The third kappa shape index (κ3) is 2.88. The third-order valence-electron chi connectivity index (χ3n) is 2.87. The molecule has 1 aromatic rings. The van der Waals surface area contributed by atoms with Crippen LogP contribution in [0.2, 0.25) is 0 Å². The van der Waals surface area contributed by atoms with Gasteiger partial charge < -0.3 is 5.32 Å². The van der Waals surface area contributed by atoms with E-state index in [0.717, 1.165) is 9.87 Å². The molecule has 0 bridgehead atoms. The minimum atomic E-state index is -3.69. The lowest BCUT2D eigenvalue weighted by atomic mass is 10.1. The quantitative estimate of drug-likeness (QED) is 0.896. The van der Waals surface area contributed by atoms with Crippen LogP contribution in [-0.4, -0.2) is 31.4 Å². The second kappa shape index (κ2) is 5.09. The molecule has 0 saturated carbocycles. The van der Waals surface area contributed by atoms with Crippen molar-refractivity contribution in [3.8, 4) is 0 Å². The number of anilines is 1. The topological polar surface area (TPSA) is 78.8 Å². The number of benzene rings is 1. The van der Waals surface area contributed by atoms with Crippen molar-refractivity contribution in [2.45, 2.75) is 13.8 Å². The molecule has 0 aromatic heterocycles. The second-order valence-electron chi connectivity index (χ2n) is 4.53. The zero-order valence-electron chi connectivity index (χ0n) is 11.4. The predicted octanol–water partition coefficient (Wildman–Crippen LogP) is 1.47. The molecule has 106 valence electrons. The SMILES string of the molecule is CC1=NS(=O)(=O)N(C)C=C1C(=O)Nc1ccc(C)cc1. The molecule has 0 unspecified atom stereocenters. The summed E-state index contributed by atoms with van der Waals surface area (Å²) >= 11 is 0. The molecule has 1 amide bonds. The predicted molar refractivity (Wildman–Crippen MR) is 77.7 cm³/mol. The van der Waals surface area contributed by atoms with Gasteiger partial charge in [-0.05, 0) is 26.0 Å². The van der Waals surface area contributed by atoms with Gasteiger partial charge in [0.2, 0.25) is 0 Å². The Morgan fingerprint density at radius 2 is 1.80 bits per heavy atom. The smallest absolute Gasteiger partial charge is 0.322 e. The van der Waals surface area contributed by atoms with Gasteiger partial charge in [0.05, 0.1) is 11.3 Å². The number of nitrogens with zero attached hydrogens (tertiary/aromatic N) is 2. The summed E-state index contributed by atoms with van der Waals surface area (Å²) in [5, 5.41) is 2.71. The fourth-order valence-corrected chi connectivity index (χ4v) is 2.50. The number of hydrogen-bond acceptors (Lipinski definition) is 3. The van der Waals surface area contributed by atoms with Gasteiger partial charge in [-0.15, -0.1) is 4.40 Å². The summed E-state index contributed by atoms with van der Waals surface area (Å²) < 4.78 is 27.5. The molecule has 0 spiro atoms. The Morgan fingerprint density at radius 3 is 2.40 bits per heavy atom. The van der Waals surface area contributed by atoms with E-state index in [1.54, 1.807) is 12.1 Å². The molecule has 2 rings (SSSR count). The van der Waals surface area contributed by atoms with Gasteiger partial charge in [0, 0.05) is 18.9 Å². The van der Waals surface area contributed by atoms with E-state index in [9.17, 15) is 13.2 Å². The molecular formula is C13H15N3O3S. The first-order valence-corrected chi connectivity index (χ1v) is 7.34. The molecule has 0 atom stereocenters. The standard InChI is InChI=1S/C13H15N3O3S/c1-9-4-6-11(7-5-9)14-13(17)12-8-16(3)20(18,19)15-10(12)2/h4-8H,1-3H3,(H,14,17). The molecule has 1 heterocycles. The number of hydrogen-bond donors (Lipinski definition) is 1. The van der Waals surface area contributed by atoms with Crippen LogP contribution in [0.1, 0.15) is 12.5 Å². The molecular weight excluding hydrogens is 278 g/mol. The van der Waals surface area contributed by atoms with Gasteiger partial charge in [0.1, 0.15) is 0 Å². The average Bonchev–Trinajstić information content (AvgIpc) is 2.36. The fourth-order valence-electron chi connectivity index (χ4n) is 1.69. The summed E-state index contributed by atoms with van der Waals surface area (Å²) in [5.41, 5.74) is 2.13. The number of amides is 1. The minimum Gasteiger partial charge on any atom is -0.322 e. The van der Waals surface area contributed by atoms with Gasteiger partial charge in [-0.3, -0.25) is 9.10 Å². The maximum atomic E-state index is 12.1. The highest BCUT2D eigenvalue weighted by molar-refractivity contribution is 7.88. The highest BCUT2D eigenvalue weighted by Crippen LogP contribution is 2.16. The summed E-state index contributed by atoms with van der Waals surface area (Å²) in [7, 11) is -2.35. The monoisotopic (exact) mass is 293 g/mol. The number of carbonyl (C=O) groups is 1. The maximum absolute atomic E-state index is 12.1. The molecule has 20 heavy (non-hydrogen) atoms. The molecule has 0 radical (unpaired) electrons. The lowest BCUT2D eigenvalue weighted by molar-refractivity contribution is -0.112. The van der Waals surface area contributed by atoms with E-state index in [1.807, 2.05) is 19.1 Å². The molecule has 6 nitrogen and oxygen atoms in total. The van der Waals surface area contributed by atoms with E-state index in [4.69, 9.17) is 0 Å². The van der Waals surface area contributed by atoms with Crippen molar-refractivity contribution in [2.75, 3.05) is 12.4 Å². The molecule has 0 fully saturated rings. The first kappa shape index (κ1) is 14.3. The molecule has 0 aliphatic carbocycles. The lowest BCUT2D eigenvalue weighted by Crippen LogP contribution is -2.30. The zero-order valence-corrected chi connectivity index (χ0v) is 12.2. The van der Waals surface area contributed by atoms with Crippen LogP contribution in [-0.2, 0) is 15.0 Å². The van der Waals surface area contributed by atoms with Crippen molar-refractivity contribution in [1.82, 2.24) is 4.31 Å². The number of carbonyl (C=O) groups excluding carboxylic acids is 1. The summed E-state index contributed by atoms with van der Waals surface area (Å²) in [6, 6.07) is 7.32. The van der Waals surface area contributed by atoms with Gasteiger partial charge >= 0.3 is 10.2 Å².